The van der Waals surface area contributed by atoms with Crippen molar-refractivity contribution < 1.29 is 9.65 Å². The third-order valence-corrected chi connectivity index (χ3v) is 1.55. The van der Waals surface area contributed by atoms with Gasteiger partial charge in [-0.15, -0.1) is 0 Å². The first-order valence-corrected chi connectivity index (χ1v) is 4.42. The normalized spacial score (nSPS) is 8.64. The average molecular weight is 198 g/mol. The first kappa shape index (κ1) is 12.3. The molecule has 0 bridgehead atoms. The van der Waals surface area contributed by atoms with E-state index in [2.05, 4.69) is 36.0 Å². The minimum atomic E-state index is -1.75. The zero-order chi connectivity index (χ0) is 10.8. The predicted molar refractivity (Wildman–Crippen MR) is 51.9 cm³/mol. The number of unbranched alkanes of at least 4 members (excludes halogenated alkanes) is 1. The second-order valence-corrected chi connectivity index (χ2v) is 2.69. The number of hydrogen-bond donors (Lipinski definition) is 0. The van der Waals surface area contributed by atoms with E-state index in [4.69, 9.17) is 15.3 Å². The lowest BCUT2D eigenvalue weighted by molar-refractivity contribution is -0.697. The van der Waals surface area contributed by atoms with Crippen molar-refractivity contribution in [3.05, 3.63) is 45.9 Å². The molecule has 0 unspecified atom stereocenters. The van der Waals surface area contributed by atoms with Gasteiger partial charge in [-0.25, -0.2) is 4.57 Å². The Morgan fingerprint density at radius 3 is 2.14 bits per heavy atom. The van der Waals surface area contributed by atoms with E-state index < -0.39 is 5.09 Å². The standard InChI is InChI=1S/C9H14N.NO3/c1-2-3-7-10-8-5-4-6-9-10;2-1(3)4/h4-6,8-9H,2-3,7H2,1H3;/q+1;-1. The Bertz CT molecular complexity index is 247. The summed E-state index contributed by atoms with van der Waals surface area (Å²) in [4.78, 5) is 8.25. The third kappa shape index (κ3) is 8.45. The zero-order valence-corrected chi connectivity index (χ0v) is 8.13. The quantitative estimate of drug-likeness (QED) is 0.420. The molecule has 0 aliphatic carbocycles. The van der Waals surface area contributed by atoms with Gasteiger partial charge >= 0.3 is 0 Å². The van der Waals surface area contributed by atoms with Gasteiger partial charge in [0.2, 0.25) is 0 Å². The van der Waals surface area contributed by atoms with Gasteiger partial charge in [0.15, 0.2) is 12.4 Å². The molecule has 78 valence electrons. The highest BCUT2D eigenvalue weighted by atomic mass is 16.9. The molecule has 0 saturated carbocycles. The Labute approximate surface area is 82.7 Å². The van der Waals surface area contributed by atoms with Crippen LogP contribution in [0.5, 0.6) is 0 Å². The summed E-state index contributed by atoms with van der Waals surface area (Å²) < 4.78 is 2.21. The van der Waals surface area contributed by atoms with Gasteiger partial charge in [0, 0.05) is 18.6 Å². The fourth-order valence-electron chi connectivity index (χ4n) is 0.924. The summed E-state index contributed by atoms with van der Waals surface area (Å²) in [6.45, 7) is 3.36. The Balaban J connectivity index is 0.000000364. The van der Waals surface area contributed by atoms with Gasteiger partial charge in [-0.1, -0.05) is 19.4 Å². The average Bonchev–Trinajstić information content (AvgIpc) is 2.15. The maximum absolute atomic E-state index is 8.25. The van der Waals surface area contributed by atoms with Crippen LogP contribution >= 0.6 is 0 Å². The molecule has 0 fully saturated rings. The van der Waals surface area contributed by atoms with Crippen molar-refractivity contribution in [3.63, 3.8) is 0 Å². The van der Waals surface area contributed by atoms with E-state index in [1.165, 1.54) is 12.8 Å². The maximum Gasteiger partial charge on any atom is 0.168 e. The molecule has 0 spiro atoms. The largest absolute Gasteiger partial charge is 0.356 e. The Morgan fingerprint density at radius 2 is 1.71 bits per heavy atom. The molecule has 5 nitrogen and oxygen atoms in total. The highest BCUT2D eigenvalue weighted by Crippen LogP contribution is 1.85. The van der Waals surface area contributed by atoms with Crippen molar-refractivity contribution in [1.82, 2.24) is 0 Å². The van der Waals surface area contributed by atoms with Gasteiger partial charge in [-0.3, -0.25) is 0 Å². The SMILES string of the molecule is CCCC[n+]1ccccc1.O=[N+]([O-])[O-]. The van der Waals surface area contributed by atoms with E-state index in [-0.39, 0.29) is 0 Å². The summed E-state index contributed by atoms with van der Waals surface area (Å²) >= 11 is 0. The molecule has 14 heavy (non-hydrogen) atoms. The van der Waals surface area contributed by atoms with E-state index >= 15 is 0 Å². The Kier molecular flexibility index (Phi) is 7.03. The molecule has 1 aromatic heterocycles. The van der Waals surface area contributed by atoms with E-state index in [1.54, 1.807) is 0 Å². The lowest BCUT2D eigenvalue weighted by Gasteiger charge is -1.91. The van der Waals surface area contributed by atoms with Crippen LogP contribution in [0.2, 0.25) is 0 Å². The van der Waals surface area contributed by atoms with Crippen molar-refractivity contribution >= 4 is 0 Å². The number of aryl methyl sites for hydroxylation is 1. The van der Waals surface area contributed by atoms with Crippen molar-refractivity contribution in [2.24, 2.45) is 0 Å². The first-order chi connectivity index (χ1) is 6.66. The van der Waals surface area contributed by atoms with E-state index in [0.717, 1.165) is 6.54 Å². The van der Waals surface area contributed by atoms with E-state index in [0.29, 0.717) is 0 Å². The highest BCUT2D eigenvalue weighted by molar-refractivity contribution is 4.83. The molecule has 0 atom stereocenters. The third-order valence-electron chi connectivity index (χ3n) is 1.55. The van der Waals surface area contributed by atoms with Crippen LogP contribution in [0.1, 0.15) is 19.8 Å². The number of aromatic nitrogens is 1. The van der Waals surface area contributed by atoms with Crippen molar-refractivity contribution in [3.8, 4) is 0 Å². The van der Waals surface area contributed by atoms with Crippen LogP contribution in [0.25, 0.3) is 0 Å². The molecule has 0 aliphatic heterocycles. The van der Waals surface area contributed by atoms with Crippen LogP contribution in [0.15, 0.2) is 30.6 Å². The molecule has 0 N–H and O–H groups in total. The number of rotatable bonds is 3. The first-order valence-electron chi connectivity index (χ1n) is 4.42. The number of pyridine rings is 1. The summed E-state index contributed by atoms with van der Waals surface area (Å²) in [6, 6.07) is 6.17. The van der Waals surface area contributed by atoms with E-state index in [1.807, 2.05) is 6.07 Å². The van der Waals surface area contributed by atoms with Crippen LogP contribution in [-0.4, -0.2) is 5.09 Å². The second kappa shape index (κ2) is 7.97. The molecule has 0 saturated heterocycles. The Morgan fingerprint density at radius 1 is 1.21 bits per heavy atom. The number of hydrogen-bond acceptors (Lipinski definition) is 3. The molecule has 1 aromatic rings. The van der Waals surface area contributed by atoms with Gasteiger partial charge in [-0.05, 0) is 0 Å². The van der Waals surface area contributed by atoms with Gasteiger partial charge in [0.1, 0.15) is 6.54 Å². The minimum Gasteiger partial charge on any atom is -0.356 e. The smallest absolute Gasteiger partial charge is 0.168 e. The van der Waals surface area contributed by atoms with E-state index in [9.17, 15) is 0 Å². The van der Waals surface area contributed by atoms with Gasteiger partial charge in [0.25, 0.3) is 0 Å². The highest BCUT2D eigenvalue weighted by Gasteiger charge is 1.93. The van der Waals surface area contributed by atoms with Crippen molar-refractivity contribution in [2.75, 3.05) is 0 Å². The molecule has 0 aromatic carbocycles. The zero-order valence-electron chi connectivity index (χ0n) is 8.13. The van der Waals surface area contributed by atoms with Gasteiger partial charge in [-0.2, -0.15) is 0 Å². The molecule has 0 aliphatic rings. The lowest BCUT2D eigenvalue weighted by atomic mass is 10.3. The Hall–Kier alpha value is -1.65. The summed E-state index contributed by atoms with van der Waals surface area (Å²) in [5.41, 5.74) is 0. The van der Waals surface area contributed by atoms with Crippen LogP contribution in [0.3, 0.4) is 0 Å². The molecule has 0 amide bonds. The second-order valence-electron chi connectivity index (χ2n) is 2.69. The van der Waals surface area contributed by atoms with Crippen LogP contribution in [0.4, 0.5) is 0 Å². The van der Waals surface area contributed by atoms with Crippen LogP contribution < -0.4 is 4.57 Å². The minimum absolute atomic E-state index is 1.15. The summed E-state index contributed by atoms with van der Waals surface area (Å²) in [7, 11) is 0. The predicted octanol–water partition coefficient (Wildman–Crippen LogP) is 1.54. The molecule has 1 heterocycles. The van der Waals surface area contributed by atoms with Crippen LogP contribution in [0, 0.1) is 15.3 Å². The lowest BCUT2D eigenvalue weighted by Crippen LogP contribution is -2.31. The van der Waals surface area contributed by atoms with Crippen molar-refractivity contribution in [1.29, 1.82) is 0 Å². The molecular formula is C9H14N2O3. The maximum atomic E-state index is 8.25. The monoisotopic (exact) mass is 198 g/mol. The van der Waals surface area contributed by atoms with Crippen molar-refractivity contribution in [2.45, 2.75) is 26.3 Å². The van der Waals surface area contributed by atoms with Gasteiger partial charge < -0.3 is 15.3 Å². The van der Waals surface area contributed by atoms with Gasteiger partial charge in [0.05, 0.1) is 5.09 Å². The fourth-order valence-corrected chi connectivity index (χ4v) is 0.924. The van der Waals surface area contributed by atoms with Crippen LogP contribution in [-0.2, 0) is 6.54 Å². The number of nitrogens with zero attached hydrogens (tertiary/aromatic N) is 2. The molecule has 5 heteroatoms. The topological polar surface area (TPSA) is 70.1 Å². The molecular weight excluding hydrogens is 184 g/mol. The summed E-state index contributed by atoms with van der Waals surface area (Å²) in [5.74, 6) is 0. The molecule has 1 rings (SSSR count). The fraction of sp³-hybridized carbons (Fsp3) is 0.444. The summed E-state index contributed by atoms with van der Waals surface area (Å²) in [6.07, 6.45) is 6.75. The molecule has 0 radical (unpaired) electrons. The summed E-state index contributed by atoms with van der Waals surface area (Å²) in [5, 5.41) is 14.8.